The molecule has 0 aliphatic heterocycles. The van der Waals surface area contributed by atoms with Crippen LogP contribution in [0.4, 0.5) is 0 Å². The first-order chi connectivity index (χ1) is 13.5. The minimum Gasteiger partial charge on any atom is -0.317 e. The Labute approximate surface area is 166 Å². The zero-order valence-electron chi connectivity index (χ0n) is 16.2. The van der Waals surface area contributed by atoms with Crippen molar-refractivity contribution in [1.29, 1.82) is 0 Å². The number of aryl methyl sites for hydroxylation is 1. The highest BCUT2D eigenvalue weighted by atomic mass is 32.2. The van der Waals surface area contributed by atoms with E-state index in [-0.39, 0.29) is 10.9 Å². The Kier molecular flexibility index (Phi) is 6.53. The van der Waals surface area contributed by atoms with Crippen molar-refractivity contribution in [1.82, 2.24) is 24.4 Å². The van der Waals surface area contributed by atoms with Gasteiger partial charge in [0.05, 0.1) is 23.3 Å². The standard InChI is InChI=1S/C20H25N5O2S/c1-3-28(26,27)20-23-14-19(16-24(2)15-18-13-21-10-11-22-18)25(20)12-9-17-7-5-4-6-8-17/h4-8,10-11,13-14H,3,9,12,15-16H2,1-2H3. The van der Waals surface area contributed by atoms with Crippen LogP contribution in [0, 0.1) is 0 Å². The van der Waals surface area contributed by atoms with Crippen molar-refractivity contribution in [3.05, 3.63) is 72.1 Å². The van der Waals surface area contributed by atoms with Gasteiger partial charge >= 0.3 is 0 Å². The molecule has 0 unspecified atom stereocenters. The van der Waals surface area contributed by atoms with E-state index in [0.29, 0.717) is 19.6 Å². The third-order valence-electron chi connectivity index (χ3n) is 4.51. The molecule has 0 bridgehead atoms. The van der Waals surface area contributed by atoms with E-state index in [1.54, 1.807) is 31.7 Å². The first kappa shape index (κ1) is 20.2. The summed E-state index contributed by atoms with van der Waals surface area (Å²) in [5, 5.41) is 0.147. The Balaban J connectivity index is 1.81. The Morgan fingerprint density at radius 1 is 1.04 bits per heavy atom. The van der Waals surface area contributed by atoms with Crippen molar-refractivity contribution >= 4 is 9.84 Å². The van der Waals surface area contributed by atoms with Gasteiger partial charge in [-0.05, 0) is 19.0 Å². The highest BCUT2D eigenvalue weighted by Crippen LogP contribution is 2.17. The summed E-state index contributed by atoms with van der Waals surface area (Å²) < 4.78 is 26.8. The van der Waals surface area contributed by atoms with Gasteiger partial charge in [-0.25, -0.2) is 13.4 Å². The molecule has 0 N–H and O–H groups in total. The van der Waals surface area contributed by atoms with Crippen LogP contribution in [0.3, 0.4) is 0 Å². The highest BCUT2D eigenvalue weighted by molar-refractivity contribution is 7.91. The van der Waals surface area contributed by atoms with Gasteiger partial charge < -0.3 is 4.57 Å². The van der Waals surface area contributed by atoms with Crippen LogP contribution in [0.1, 0.15) is 23.9 Å². The Bertz CT molecular complexity index is 988. The van der Waals surface area contributed by atoms with Gasteiger partial charge in [0, 0.05) is 38.2 Å². The second-order valence-electron chi connectivity index (χ2n) is 6.69. The van der Waals surface area contributed by atoms with Crippen molar-refractivity contribution in [2.75, 3.05) is 12.8 Å². The summed E-state index contributed by atoms with van der Waals surface area (Å²) in [7, 11) is -1.43. The van der Waals surface area contributed by atoms with Crippen molar-refractivity contribution in [2.24, 2.45) is 0 Å². The quantitative estimate of drug-likeness (QED) is 0.549. The molecule has 2 heterocycles. The van der Waals surface area contributed by atoms with Gasteiger partial charge in [-0.15, -0.1) is 0 Å². The summed E-state index contributed by atoms with van der Waals surface area (Å²) in [6.07, 6.45) is 7.45. The third kappa shape index (κ3) is 5.02. The van der Waals surface area contributed by atoms with Crippen LogP contribution < -0.4 is 0 Å². The molecule has 0 atom stereocenters. The van der Waals surface area contributed by atoms with Crippen LogP contribution in [0.25, 0.3) is 0 Å². The Morgan fingerprint density at radius 2 is 1.82 bits per heavy atom. The second kappa shape index (κ2) is 9.07. The monoisotopic (exact) mass is 399 g/mol. The van der Waals surface area contributed by atoms with Crippen molar-refractivity contribution in [3.63, 3.8) is 0 Å². The SMILES string of the molecule is CCS(=O)(=O)c1ncc(CN(C)Cc2cnccn2)n1CCc1ccccc1. The normalized spacial score (nSPS) is 11.8. The van der Waals surface area contributed by atoms with Crippen molar-refractivity contribution in [3.8, 4) is 0 Å². The minimum atomic E-state index is -3.40. The van der Waals surface area contributed by atoms with Gasteiger partial charge in [0.2, 0.25) is 15.0 Å². The number of nitrogens with zero attached hydrogens (tertiary/aromatic N) is 5. The molecule has 8 heteroatoms. The molecule has 0 aliphatic rings. The molecule has 0 radical (unpaired) electrons. The lowest BCUT2D eigenvalue weighted by atomic mass is 10.1. The fourth-order valence-electron chi connectivity index (χ4n) is 3.04. The minimum absolute atomic E-state index is 0.0320. The zero-order valence-corrected chi connectivity index (χ0v) is 17.0. The van der Waals surface area contributed by atoms with E-state index in [4.69, 9.17) is 0 Å². The van der Waals surface area contributed by atoms with E-state index in [0.717, 1.165) is 23.4 Å². The van der Waals surface area contributed by atoms with Gasteiger partial charge in [0.15, 0.2) is 0 Å². The van der Waals surface area contributed by atoms with E-state index in [9.17, 15) is 8.42 Å². The number of rotatable bonds is 9. The lowest BCUT2D eigenvalue weighted by Gasteiger charge is -2.18. The Morgan fingerprint density at radius 3 is 2.50 bits per heavy atom. The van der Waals surface area contributed by atoms with Crippen LogP contribution in [-0.2, 0) is 35.9 Å². The molecule has 0 amide bonds. The number of sulfone groups is 1. The highest BCUT2D eigenvalue weighted by Gasteiger charge is 2.22. The molecule has 2 aromatic heterocycles. The maximum Gasteiger partial charge on any atom is 0.227 e. The first-order valence-corrected chi connectivity index (χ1v) is 10.9. The lowest BCUT2D eigenvalue weighted by molar-refractivity contribution is 0.303. The smallest absolute Gasteiger partial charge is 0.227 e. The van der Waals surface area contributed by atoms with E-state index in [1.807, 2.05) is 41.9 Å². The molecule has 0 saturated carbocycles. The van der Waals surface area contributed by atoms with Crippen LogP contribution in [0.5, 0.6) is 0 Å². The maximum atomic E-state index is 12.5. The molecule has 0 spiro atoms. The number of aromatic nitrogens is 4. The molecule has 148 valence electrons. The van der Waals surface area contributed by atoms with Gasteiger partial charge in [-0.1, -0.05) is 37.3 Å². The van der Waals surface area contributed by atoms with Gasteiger partial charge in [-0.2, -0.15) is 0 Å². The van der Waals surface area contributed by atoms with Crippen LogP contribution >= 0.6 is 0 Å². The molecule has 7 nitrogen and oxygen atoms in total. The molecular formula is C20H25N5O2S. The third-order valence-corrected chi connectivity index (χ3v) is 6.15. The van der Waals surface area contributed by atoms with Crippen LogP contribution in [0.15, 0.2) is 60.3 Å². The average molecular weight is 400 g/mol. The first-order valence-electron chi connectivity index (χ1n) is 9.24. The van der Waals surface area contributed by atoms with Gasteiger partial charge in [-0.3, -0.25) is 14.9 Å². The van der Waals surface area contributed by atoms with Crippen molar-refractivity contribution in [2.45, 2.75) is 38.1 Å². The summed E-state index contributed by atoms with van der Waals surface area (Å²) in [6, 6.07) is 10.0. The summed E-state index contributed by atoms with van der Waals surface area (Å²) in [6.45, 7) is 3.39. The number of imidazole rings is 1. The number of hydrogen-bond acceptors (Lipinski definition) is 6. The fraction of sp³-hybridized carbons (Fsp3) is 0.350. The topological polar surface area (TPSA) is 81.0 Å². The van der Waals surface area contributed by atoms with E-state index < -0.39 is 9.84 Å². The molecule has 1 aromatic carbocycles. The molecule has 0 fully saturated rings. The number of benzene rings is 1. The predicted molar refractivity (Wildman–Crippen MR) is 107 cm³/mol. The summed E-state index contributed by atoms with van der Waals surface area (Å²) >= 11 is 0. The van der Waals surface area contributed by atoms with Gasteiger partial charge in [0.25, 0.3) is 0 Å². The second-order valence-corrected chi connectivity index (χ2v) is 8.86. The molecule has 3 rings (SSSR count). The number of hydrogen-bond donors (Lipinski definition) is 0. The predicted octanol–water partition coefficient (Wildman–Crippen LogP) is 2.34. The average Bonchev–Trinajstić information content (AvgIpc) is 3.11. The Hall–Kier alpha value is -2.58. The molecule has 0 aliphatic carbocycles. The molecule has 0 saturated heterocycles. The summed E-state index contributed by atoms with van der Waals surface area (Å²) in [5.41, 5.74) is 2.89. The molecule has 3 aromatic rings. The molecule has 28 heavy (non-hydrogen) atoms. The largest absolute Gasteiger partial charge is 0.317 e. The summed E-state index contributed by atoms with van der Waals surface area (Å²) in [4.78, 5) is 14.7. The van der Waals surface area contributed by atoms with Crippen LogP contribution in [-0.4, -0.2) is 45.6 Å². The lowest BCUT2D eigenvalue weighted by Crippen LogP contribution is -2.22. The van der Waals surface area contributed by atoms with E-state index in [2.05, 4.69) is 19.9 Å². The van der Waals surface area contributed by atoms with E-state index >= 15 is 0 Å². The van der Waals surface area contributed by atoms with Crippen LogP contribution in [0.2, 0.25) is 0 Å². The molecular weight excluding hydrogens is 374 g/mol. The fourth-order valence-corrected chi connectivity index (χ4v) is 4.06. The van der Waals surface area contributed by atoms with Crippen molar-refractivity contribution < 1.29 is 8.42 Å². The van der Waals surface area contributed by atoms with Gasteiger partial charge in [0.1, 0.15) is 0 Å². The summed E-state index contributed by atoms with van der Waals surface area (Å²) in [5.74, 6) is 0.0320. The zero-order chi connectivity index (χ0) is 20.0. The maximum absolute atomic E-state index is 12.5. The van der Waals surface area contributed by atoms with E-state index in [1.165, 1.54) is 0 Å².